The fourth-order valence-electron chi connectivity index (χ4n) is 2.00. The molecule has 0 aliphatic rings. The minimum Gasteiger partial charge on any atom is -0.471 e. The molecular weight excluding hydrogens is 368 g/mol. The summed E-state index contributed by atoms with van der Waals surface area (Å²) in [4.78, 5) is 12.1. The average molecular weight is 380 g/mol. The van der Waals surface area contributed by atoms with E-state index >= 15 is 0 Å². The molecule has 0 aliphatic heterocycles. The Bertz CT molecular complexity index is 897. The maximum Gasteiger partial charge on any atom is 0.276 e. The number of ether oxygens (including phenoxy) is 1. The molecule has 0 fully saturated rings. The summed E-state index contributed by atoms with van der Waals surface area (Å²) in [6, 6.07) is 12.4. The third-order valence-electron chi connectivity index (χ3n) is 3.23. The molecule has 1 heterocycles. The Balaban J connectivity index is 1.62. The van der Waals surface area contributed by atoms with Crippen molar-refractivity contribution in [3.8, 4) is 5.75 Å². The number of hydrogen-bond acceptors (Lipinski definition) is 3. The molecule has 0 atom stereocenters. The number of nitrogens with one attached hydrogen (secondary N) is 1. The van der Waals surface area contributed by atoms with Crippen LogP contribution in [0.15, 0.2) is 54.7 Å². The number of carbonyl (C=O) groups excluding carboxylic acids is 1. The summed E-state index contributed by atoms with van der Waals surface area (Å²) in [6.45, 7) is 0.115. The van der Waals surface area contributed by atoms with Crippen LogP contribution in [0.5, 0.6) is 5.75 Å². The lowest BCUT2D eigenvalue weighted by Crippen LogP contribution is -2.15. The minimum absolute atomic E-state index is 0.0290. The van der Waals surface area contributed by atoms with Crippen molar-refractivity contribution >= 4 is 34.8 Å². The van der Waals surface area contributed by atoms with Crippen molar-refractivity contribution in [2.75, 3.05) is 5.32 Å². The van der Waals surface area contributed by atoms with Crippen LogP contribution in [-0.2, 0) is 6.73 Å². The SMILES string of the molecule is O=C(Nc1ccc(Cl)cc1F)c1ccn(COc2ccc(Cl)cc2)n1. The zero-order valence-electron chi connectivity index (χ0n) is 12.7. The van der Waals surface area contributed by atoms with Gasteiger partial charge in [-0.3, -0.25) is 4.79 Å². The number of carbonyl (C=O) groups is 1. The van der Waals surface area contributed by atoms with Gasteiger partial charge >= 0.3 is 0 Å². The molecule has 0 bridgehead atoms. The number of amides is 1. The highest BCUT2D eigenvalue weighted by atomic mass is 35.5. The molecule has 0 spiro atoms. The van der Waals surface area contributed by atoms with Crippen molar-refractivity contribution in [1.82, 2.24) is 9.78 Å². The van der Waals surface area contributed by atoms with E-state index in [1.54, 1.807) is 30.5 Å². The molecule has 0 saturated carbocycles. The largest absolute Gasteiger partial charge is 0.471 e. The van der Waals surface area contributed by atoms with E-state index in [-0.39, 0.29) is 23.1 Å². The number of benzene rings is 2. The van der Waals surface area contributed by atoms with E-state index in [0.29, 0.717) is 10.8 Å². The van der Waals surface area contributed by atoms with E-state index in [1.807, 2.05) is 0 Å². The van der Waals surface area contributed by atoms with Gasteiger partial charge in [0, 0.05) is 16.2 Å². The smallest absolute Gasteiger partial charge is 0.276 e. The van der Waals surface area contributed by atoms with Crippen LogP contribution in [0.25, 0.3) is 0 Å². The second kappa shape index (κ2) is 7.55. The second-order valence-electron chi connectivity index (χ2n) is 5.05. The number of anilines is 1. The van der Waals surface area contributed by atoms with E-state index < -0.39 is 11.7 Å². The Labute approximate surface area is 152 Å². The molecule has 0 saturated heterocycles. The Kier molecular flexibility index (Phi) is 5.21. The fraction of sp³-hybridized carbons (Fsp3) is 0.0588. The van der Waals surface area contributed by atoms with Gasteiger partial charge in [-0.05, 0) is 48.5 Å². The van der Waals surface area contributed by atoms with E-state index in [4.69, 9.17) is 27.9 Å². The van der Waals surface area contributed by atoms with Gasteiger partial charge in [-0.15, -0.1) is 0 Å². The van der Waals surface area contributed by atoms with Crippen molar-refractivity contribution in [1.29, 1.82) is 0 Å². The summed E-state index contributed by atoms with van der Waals surface area (Å²) < 4.78 is 20.7. The van der Waals surface area contributed by atoms with Crippen molar-refractivity contribution in [3.63, 3.8) is 0 Å². The van der Waals surface area contributed by atoms with Gasteiger partial charge in [0.1, 0.15) is 11.6 Å². The normalized spacial score (nSPS) is 10.5. The number of hydrogen-bond donors (Lipinski definition) is 1. The Morgan fingerprint density at radius 1 is 1.12 bits per heavy atom. The molecule has 8 heteroatoms. The lowest BCUT2D eigenvalue weighted by molar-refractivity contribution is 0.101. The standard InChI is InChI=1S/C17H12Cl2FN3O2/c18-11-1-4-13(5-2-11)25-10-23-8-7-16(22-23)17(24)21-15-6-3-12(19)9-14(15)20/h1-9H,10H2,(H,21,24). The van der Waals surface area contributed by atoms with E-state index in [2.05, 4.69) is 10.4 Å². The van der Waals surface area contributed by atoms with Crippen molar-refractivity contribution < 1.29 is 13.9 Å². The lowest BCUT2D eigenvalue weighted by Gasteiger charge is -2.06. The summed E-state index contributed by atoms with van der Waals surface area (Å²) in [7, 11) is 0. The number of nitrogens with zero attached hydrogens (tertiary/aromatic N) is 2. The summed E-state index contributed by atoms with van der Waals surface area (Å²) in [5.41, 5.74) is 0.162. The molecule has 1 N–H and O–H groups in total. The third kappa shape index (κ3) is 4.49. The van der Waals surface area contributed by atoms with Gasteiger partial charge < -0.3 is 10.1 Å². The first-order chi connectivity index (χ1) is 12.0. The summed E-state index contributed by atoms with van der Waals surface area (Å²) in [6.07, 6.45) is 1.59. The predicted molar refractivity (Wildman–Crippen MR) is 93.7 cm³/mol. The van der Waals surface area contributed by atoms with Crippen LogP contribution in [0.3, 0.4) is 0 Å². The van der Waals surface area contributed by atoms with Crippen molar-refractivity contribution in [2.45, 2.75) is 6.73 Å². The molecule has 25 heavy (non-hydrogen) atoms. The van der Waals surface area contributed by atoms with Crippen LogP contribution < -0.4 is 10.1 Å². The zero-order valence-corrected chi connectivity index (χ0v) is 14.3. The van der Waals surface area contributed by atoms with Gasteiger partial charge in [0.15, 0.2) is 12.4 Å². The van der Waals surface area contributed by atoms with Gasteiger partial charge in [-0.2, -0.15) is 5.10 Å². The van der Waals surface area contributed by atoms with Gasteiger partial charge in [0.05, 0.1) is 5.69 Å². The van der Waals surface area contributed by atoms with Gasteiger partial charge in [0.2, 0.25) is 0 Å². The Hall–Kier alpha value is -2.57. The van der Waals surface area contributed by atoms with Crippen LogP contribution in [0.4, 0.5) is 10.1 Å². The van der Waals surface area contributed by atoms with Crippen molar-refractivity contribution in [2.24, 2.45) is 0 Å². The number of rotatable bonds is 5. The van der Waals surface area contributed by atoms with Crippen LogP contribution in [0, 0.1) is 5.82 Å². The second-order valence-corrected chi connectivity index (χ2v) is 5.92. The highest BCUT2D eigenvalue weighted by Gasteiger charge is 2.12. The number of halogens is 3. The molecule has 3 rings (SSSR count). The summed E-state index contributed by atoms with van der Waals surface area (Å²) in [5.74, 6) is -0.535. The fourth-order valence-corrected chi connectivity index (χ4v) is 2.29. The molecule has 2 aromatic carbocycles. The topological polar surface area (TPSA) is 56.2 Å². The van der Waals surface area contributed by atoms with Crippen LogP contribution in [-0.4, -0.2) is 15.7 Å². The molecule has 0 radical (unpaired) electrons. The summed E-state index contributed by atoms with van der Waals surface area (Å²) >= 11 is 11.5. The van der Waals surface area contributed by atoms with E-state index in [0.717, 1.165) is 6.07 Å². The van der Waals surface area contributed by atoms with Gasteiger partial charge in [-0.1, -0.05) is 23.2 Å². The Morgan fingerprint density at radius 2 is 1.84 bits per heavy atom. The maximum atomic E-state index is 13.7. The number of aromatic nitrogens is 2. The molecule has 0 aliphatic carbocycles. The molecule has 5 nitrogen and oxygen atoms in total. The summed E-state index contributed by atoms with van der Waals surface area (Å²) in [5, 5.41) is 7.39. The quantitative estimate of drug-likeness (QED) is 0.703. The Morgan fingerprint density at radius 3 is 2.56 bits per heavy atom. The molecular formula is C17H12Cl2FN3O2. The van der Waals surface area contributed by atoms with Crippen LogP contribution in [0.1, 0.15) is 10.5 Å². The van der Waals surface area contributed by atoms with Gasteiger partial charge in [-0.25, -0.2) is 9.07 Å². The predicted octanol–water partition coefficient (Wildman–Crippen LogP) is 4.62. The first-order valence-electron chi connectivity index (χ1n) is 7.19. The van der Waals surface area contributed by atoms with E-state index in [9.17, 15) is 9.18 Å². The first-order valence-corrected chi connectivity index (χ1v) is 7.95. The van der Waals surface area contributed by atoms with Crippen LogP contribution in [0.2, 0.25) is 10.0 Å². The molecule has 128 valence electrons. The van der Waals surface area contributed by atoms with Crippen molar-refractivity contribution in [3.05, 3.63) is 76.3 Å². The zero-order chi connectivity index (χ0) is 17.8. The molecule has 1 amide bonds. The molecule has 3 aromatic rings. The maximum absolute atomic E-state index is 13.7. The van der Waals surface area contributed by atoms with Crippen LogP contribution >= 0.6 is 23.2 Å². The van der Waals surface area contributed by atoms with Gasteiger partial charge in [0.25, 0.3) is 5.91 Å². The highest BCUT2D eigenvalue weighted by molar-refractivity contribution is 6.30. The minimum atomic E-state index is -0.619. The lowest BCUT2D eigenvalue weighted by atomic mass is 10.3. The highest BCUT2D eigenvalue weighted by Crippen LogP contribution is 2.19. The third-order valence-corrected chi connectivity index (χ3v) is 3.72. The first kappa shape index (κ1) is 17.3. The molecule has 1 aromatic heterocycles. The van der Waals surface area contributed by atoms with E-state index in [1.165, 1.54) is 22.9 Å². The molecule has 0 unspecified atom stereocenters. The monoisotopic (exact) mass is 379 g/mol. The average Bonchev–Trinajstić information content (AvgIpc) is 3.06.